The first-order valence-electron chi connectivity index (χ1n) is 6.66. The lowest BCUT2D eigenvalue weighted by Crippen LogP contribution is -2.46. The van der Waals surface area contributed by atoms with Gasteiger partial charge in [0.1, 0.15) is 0 Å². The van der Waals surface area contributed by atoms with Crippen LogP contribution < -0.4 is 5.32 Å². The molecule has 100 valence electrons. The van der Waals surface area contributed by atoms with Crippen LogP contribution in [-0.4, -0.2) is 39.6 Å². The lowest BCUT2D eigenvalue weighted by atomic mass is 9.97. The number of amides is 2. The molecule has 1 aromatic heterocycles. The van der Waals surface area contributed by atoms with Gasteiger partial charge in [-0.2, -0.15) is 0 Å². The highest BCUT2D eigenvalue weighted by Gasteiger charge is 2.23. The third-order valence-electron chi connectivity index (χ3n) is 3.34. The summed E-state index contributed by atoms with van der Waals surface area (Å²) < 4.78 is 2.12. The van der Waals surface area contributed by atoms with E-state index in [0.29, 0.717) is 5.92 Å². The summed E-state index contributed by atoms with van der Waals surface area (Å²) in [7, 11) is 0. The summed E-state index contributed by atoms with van der Waals surface area (Å²) in [5.74, 6) is 0.655. The largest absolute Gasteiger partial charge is 0.337 e. The minimum atomic E-state index is 0.0751. The molecule has 0 saturated carbocycles. The Bertz CT molecular complexity index is 366. The van der Waals surface area contributed by atoms with Crippen molar-refractivity contribution in [3.8, 4) is 0 Å². The van der Waals surface area contributed by atoms with Gasteiger partial charge in [-0.15, -0.1) is 0 Å². The minimum Gasteiger partial charge on any atom is -0.337 e. The number of hydrogen-bond acceptors (Lipinski definition) is 2. The minimum absolute atomic E-state index is 0.0751. The first kappa shape index (κ1) is 12.9. The predicted molar refractivity (Wildman–Crippen MR) is 70.2 cm³/mol. The quantitative estimate of drug-likeness (QED) is 0.888. The molecule has 0 radical (unpaired) electrons. The van der Waals surface area contributed by atoms with E-state index in [1.807, 2.05) is 37.5 Å². The molecule has 2 amide bonds. The van der Waals surface area contributed by atoms with Gasteiger partial charge in [0.05, 0.1) is 6.33 Å². The molecule has 5 heteroatoms. The average Bonchev–Trinajstić information content (AvgIpc) is 2.82. The van der Waals surface area contributed by atoms with Gasteiger partial charge in [-0.05, 0) is 32.6 Å². The van der Waals surface area contributed by atoms with Gasteiger partial charge in [-0.3, -0.25) is 0 Å². The monoisotopic (exact) mass is 250 g/mol. The van der Waals surface area contributed by atoms with Crippen LogP contribution in [0.1, 0.15) is 26.7 Å². The summed E-state index contributed by atoms with van der Waals surface area (Å²) in [4.78, 5) is 17.8. The van der Waals surface area contributed by atoms with Crippen LogP contribution in [0.5, 0.6) is 0 Å². The van der Waals surface area contributed by atoms with Crippen molar-refractivity contribution in [1.82, 2.24) is 19.8 Å². The average molecular weight is 250 g/mol. The Morgan fingerprint density at radius 1 is 1.44 bits per heavy atom. The zero-order chi connectivity index (χ0) is 13.0. The van der Waals surface area contributed by atoms with Crippen LogP contribution >= 0.6 is 0 Å². The molecule has 2 heterocycles. The molecule has 0 unspecified atom stereocenters. The van der Waals surface area contributed by atoms with Gasteiger partial charge in [-0.1, -0.05) is 0 Å². The van der Waals surface area contributed by atoms with Crippen LogP contribution in [0.15, 0.2) is 18.7 Å². The van der Waals surface area contributed by atoms with E-state index in [-0.39, 0.29) is 12.1 Å². The van der Waals surface area contributed by atoms with Crippen LogP contribution in [0.25, 0.3) is 0 Å². The number of nitrogens with zero attached hydrogens (tertiary/aromatic N) is 3. The first-order chi connectivity index (χ1) is 8.65. The third-order valence-corrected chi connectivity index (χ3v) is 3.34. The molecule has 1 saturated heterocycles. The Morgan fingerprint density at radius 3 is 2.72 bits per heavy atom. The van der Waals surface area contributed by atoms with E-state index in [1.165, 1.54) is 0 Å². The van der Waals surface area contributed by atoms with Crippen molar-refractivity contribution in [3.05, 3.63) is 18.7 Å². The maximum absolute atomic E-state index is 11.8. The van der Waals surface area contributed by atoms with Crippen LogP contribution in [0.2, 0.25) is 0 Å². The molecule has 1 aliphatic rings. The fourth-order valence-corrected chi connectivity index (χ4v) is 2.35. The molecule has 1 fully saturated rings. The fraction of sp³-hybridized carbons (Fsp3) is 0.692. The lowest BCUT2D eigenvalue weighted by Gasteiger charge is -2.32. The first-order valence-corrected chi connectivity index (χ1v) is 6.66. The number of urea groups is 1. The van der Waals surface area contributed by atoms with E-state index in [0.717, 1.165) is 32.5 Å². The van der Waals surface area contributed by atoms with E-state index >= 15 is 0 Å². The second kappa shape index (κ2) is 5.89. The molecule has 5 nitrogen and oxygen atoms in total. The molecule has 0 bridgehead atoms. The molecule has 0 aromatic carbocycles. The second-order valence-corrected chi connectivity index (χ2v) is 5.29. The van der Waals surface area contributed by atoms with Crippen molar-refractivity contribution in [3.63, 3.8) is 0 Å². The van der Waals surface area contributed by atoms with Crippen LogP contribution in [0.4, 0.5) is 4.79 Å². The molecule has 1 N–H and O–H groups in total. The van der Waals surface area contributed by atoms with Crippen molar-refractivity contribution in [2.45, 2.75) is 39.3 Å². The molecule has 2 rings (SSSR count). The SMILES string of the molecule is CC(C)NC(=O)N1CCC(Cn2ccnc2)CC1. The molecule has 1 aliphatic heterocycles. The van der Waals surface area contributed by atoms with Crippen molar-refractivity contribution in [2.75, 3.05) is 13.1 Å². The fourth-order valence-electron chi connectivity index (χ4n) is 2.35. The normalized spacial score (nSPS) is 17.2. The Morgan fingerprint density at radius 2 is 2.17 bits per heavy atom. The number of hydrogen-bond donors (Lipinski definition) is 1. The van der Waals surface area contributed by atoms with Gasteiger partial charge in [0.25, 0.3) is 0 Å². The Hall–Kier alpha value is -1.52. The highest BCUT2D eigenvalue weighted by Crippen LogP contribution is 2.19. The standard InChI is InChI=1S/C13H22N4O/c1-11(2)15-13(18)17-6-3-12(4-7-17)9-16-8-5-14-10-16/h5,8,10-12H,3-4,6-7,9H2,1-2H3,(H,15,18). The molecule has 0 aliphatic carbocycles. The number of imidazole rings is 1. The highest BCUT2D eigenvalue weighted by atomic mass is 16.2. The maximum Gasteiger partial charge on any atom is 0.317 e. The number of rotatable bonds is 3. The lowest BCUT2D eigenvalue weighted by molar-refractivity contribution is 0.163. The third kappa shape index (κ3) is 3.48. The maximum atomic E-state index is 11.8. The van der Waals surface area contributed by atoms with Gasteiger partial charge < -0.3 is 14.8 Å². The molecule has 1 aromatic rings. The van der Waals surface area contributed by atoms with E-state index < -0.39 is 0 Å². The van der Waals surface area contributed by atoms with Crippen molar-refractivity contribution < 1.29 is 4.79 Å². The number of likely N-dealkylation sites (tertiary alicyclic amines) is 1. The van der Waals surface area contributed by atoms with E-state index in [9.17, 15) is 4.79 Å². The number of carbonyl (C=O) groups excluding carboxylic acids is 1. The van der Waals surface area contributed by atoms with E-state index in [2.05, 4.69) is 14.9 Å². The molecule has 0 atom stereocenters. The van der Waals surface area contributed by atoms with Gasteiger partial charge in [0.2, 0.25) is 0 Å². The summed E-state index contributed by atoms with van der Waals surface area (Å²) in [6.07, 6.45) is 7.81. The summed E-state index contributed by atoms with van der Waals surface area (Å²) in [5, 5.41) is 2.94. The molecular weight excluding hydrogens is 228 g/mol. The van der Waals surface area contributed by atoms with Crippen LogP contribution in [0.3, 0.4) is 0 Å². The van der Waals surface area contributed by atoms with Crippen molar-refractivity contribution in [1.29, 1.82) is 0 Å². The summed E-state index contributed by atoms with van der Waals surface area (Å²) in [6.45, 7) is 6.71. The van der Waals surface area contributed by atoms with Crippen LogP contribution in [0, 0.1) is 5.92 Å². The highest BCUT2D eigenvalue weighted by molar-refractivity contribution is 5.74. The second-order valence-electron chi connectivity index (χ2n) is 5.29. The number of nitrogens with one attached hydrogen (secondary N) is 1. The zero-order valence-electron chi connectivity index (χ0n) is 11.2. The van der Waals surface area contributed by atoms with Gasteiger partial charge in [-0.25, -0.2) is 9.78 Å². The summed E-state index contributed by atoms with van der Waals surface area (Å²) in [5.41, 5.74) is 0. The molecular formula is C13H22N4O. The Balaban J connectivity index is 1.76. The smallest absolute Gasteiger partial charge is 0.317 e. The van der Waals surface area contributed by atoms with Gasteiger partial charge >= 0.3 is 6.03 Å². The Labute approximate surface area is 108 Å². The molecule has 0 spiro atoms. The predicted octanol–water partition coefficient (Wildman–Crippen LogP) is 1.71. The van der Waals surface area contributed by atoms with Crippen molar-refractivity contribution >= 4 is 6.03 Å². The molecule has 18 heavy (non-hydrogen) atoms. The summed E-state index contributed by atoms with van der Waals surface area (Å²) in [6, 6.07) is 0.284. The van der Waals surface area contributed by atoms with Crippen LogP contribution in [-0.2, 0) is 6.54 Å². The Kier molecular flexibility index (Phi) is 4.23. The van der Waals surface area contributed by atoms with Gasteiger partial charge in [0.15, 0.2) is 0 Å². The number of piperidine rings is 1. The van der Waals surface area contributed by atoms with Gasteiger partial charge in [0, 0.05) is 38.1 Å². The van der Waals surface area contributed by atoms with Crippen molar-refractivity contribution in [2.24, 2.45) is 5.92 Å². The number of aromatic nitrogens is 2. The number of carbonyl (C=O) groups is 1. The zero-order valence-corrected chi connectivity index (χ0v) is 11.2. The van der Waals surface area contributed by atoms with E-state index in [4.69, 9.17) is 0 Å². The summed E-state index contributed by atoms with van der Waals surface area (Å²) >= 11 is 0. The topological polar surface area (TPSA) is 50.2 Å². The van der Waals surface area contributed by atoms with E-state index in [1.54, 1.807) is 0 Å².